The molecule has 0 fully saturated rings. The molecule has 0 unspecified atom stereocenters. The average molecular weight is 394 g/mol. The molecule has 3 aromatic rings. The minimum absolute atomic E-state index is 0.0995. The molecule has 142 valence electrons. The molecule has 2 aromatic carbocycles. The number of hydrogen-bond acceptors (Lipinski definition) is 6. The fraction of sp³-hybridized carbons (Fsp3) is 0.150. The lowest BCUT2D eigenvalue weighted by Crippen LogP contribution is -2.29. The number of carbonyl (C=O) groups is 2. The van der Waals surface area contributed by atoms with Gasteiger partial charge in [-0.1, -0.05) is 24.3 Å². The van der Waals surface area contributed by atoms with Crippen molar-refractivity contribution in [2.75, 3.05) is 11.9 Å². The maximum atomic E-state index is 12.3. The number of carbonyl (C=O) groups excluding carboxylic acids is 2. The van der Waals surface area contributed by atoms with Gasteiger partial charge in [0.05, 0.1) is 6.54 Å². The van der Waals surface area contributed by atoms with E-state index in [9.17, 15) is 9.59 Å². The van der Waals surface area contributed by atoms with Crippen LogP contribution in [-0.2, 0) is 17.9 Å². The summed E-state index contributed by atoms with van der Waals surface area (Å²) in [4.78, 5) is 30.3. The molecule has 0 bridgehead atoms. The summed E-state index contributed by atoms with van der Waals surface area (Å²) in [5, 5.41) is 14.6. The standard InChI is InChI=1S/C20H18N4O3S/c25-18-12-24(10-13-1-3-14(4-2-13)20-21-7-8-28-20)11-16-9-15(19(26)23-27)5-6-17(16)22-18/h1-9,27H,10-12H2,(H,22,25)(H,23,26). The van der Waals surface area contributed by atoms with Gasteiger partial charge in [0.25, 0.3) is 5.91 Å². The molecule has 7 nitrogen and oxygen atoms in total. The zero-order valence-corrected chi connectivity index (χ0v) is 15.7. The number of benzene rings is 2. The quantitative estimate of drug-likeness (QED) is 0.467. The van der Waals surface area contributed by atoms with E-state index in [-0.39, 0.29) is 12.5 Å². The molecule has 0 atom stereocenters. The molecular formula is C20H18N4O3S. The number of hydrogen-bond donors (Lipinski definition) is 3. The van der Waals surface area contributed by atoms with Crippen molar-refractivity contribution in [1.82, 2.24) is 15.4 Å². The third-order valence-corrected chi connectivity index (χ3v) is 5.37. The van der Waals surface area contributed by atoms with Crippen molar-refractivity contribution < 1.29 is 14.8 Å². The summed E-state index contributed by atoms with van der Waals surface area (Å²) in [6.07, 6.45) is 1.78. The number of hydroxylamine groups is 1. The number of rotatable bonds is 4. The van der Waals surface area contributed by atoms with E-state index in [1.807, 2.05) is 34.5 Å². The predicted molar refractivity (Wildman–Crippen MR) is 106 cm³/mol. The van der Waals surface area contributed by atoms with Crippen LogP contribution in [-0.4, -0.2) is 33.5 Å². The molecule has 1 aliphatic rings. The van der Waals surface area contributed by atoms with Crippen molar-refractivity contribution in [2.45, 2.75) is 13.1 Å². The minimum atomic E-state index is -0.581. The number of fused-ring (bicyclic) bond motifs is 1. The van der Waals surface area contributed by atoms with Gasteiger partial charge in [0.15, 0.2) is 0 Å². The van der Waals surface area contributed by atoms with E-state index in [0.717, 1.165) is 21.7 Å². The highest BCUT2D eigenvalue weighted by Crippen LogP contribution is 2.25. The van der Waals surface area contributed by atoms with Crippen LogP contribution in [0.15, 0.2) is 54.0 Å². The molecule has 1 aliphatic heterocycles. The molecule has 28 heavy (non-hydrogen) atoms. The van der Waals surface area contributed by atoms with Gasteiger partial charge in [-0.2, -0.15) is 0 Å². The van der Waals surface area contributed by atoms with Gasteiger partial charge in [-0.05, 0) is 29.3 Å². The zero-order valence-electron chi connectivity index (χ0n) is 14.9. The Labute approximate surface area is 165 Å². The predicted octanol–water partition coefficient (Wildman–Crippen LogP) is 2.88. The summed E-state index contributed by atoms with van der Waals surface area (Å²) in [6, 6.07) is 13.1. The Morgan fingerprint density at radius 2 is 2.04 bits per heavy atom. The molecule has 1 aromatic heterocycles. The van der Waals surface area contributed by atoms with Crippen LogP contribution in [0, 0.1) is 0 Å². The first kappa shape index (κ1) is 18.3. The van der Waals surface area contributed by atoms with Crippen LogP contribution < -0.4 is 10.8 Å². The van der Waals surface area contributed by atoms with Crippen molar-refractivity contribution in [3.05, 3.63) is 70.7 Å². The Balaban J connectivity index is 1.53. The van der Waals surface area contributed by atoms with Gasteiger partial charge in [0.1, 0.15) is 5.01 Å². The molecule has 0 aliphatic carbocycles. The van der Waals surface area contributed by atoms with E-state index in [2.05, 4.69) is 10.3 Å². The first-order valence-electron chi connectivity index (χ1n) is 8.71. The number of nitrogens with one attached hydrogen (secondary N) is 2. The van der Waals surface area contributed by atoms with Crippen LogP contribution in [0.4, 0.5) is 5.69 Å². The number of thiazole rings is 1. The van der Waals surface area contributed by atoms with E-state index < -0.39 is 5.91 Å². The van der Waals surface area contributed by atoms with Gasteiger partial charge in [-0.15, -0.1) is 11.3 Å². The normalized spacial score (nSPS) is 14.1. The lowest BCUT2D eigenvalue weighted by Gasteiger charge is -2.19. The van der Waals surface area contributed by atoms with Crippen molar-refractivity contribution >= 4 is 28.8 Å². The highest BCUT2D eigenvalue weighted by Gasteiger charge is 2.20. The molecule has 0 saturated carbocycles. The highest BCUT2D eigenvalue weighted by molar-refractivity contribution is 7.13. The Kier molecular flexibility index (Phi) is 5.16. The Morgan fingerprint density at radius 1 is 1.21 bits per heavy atom. The Hall–Kier alpha value is -3.07. The summed E-state index contributed by atoms with van der Waals surface area (Å²) in [5.41, 5.74) is 5.63. The first-order chi connectivity index (χ1) is 13.6. The molecule has 0 radical (unpaired) electrons. The molecule has 0 spiro atoms. The number of aromatic nitrogens is 1. The van der Waals surface area contributed by atoms with Crippen molar-refractivity contribution in [2.24, 2.45) is 0 Å². The van der Waals surface area contributed by atoms with Crippen LogP contribution in [0.2, 0.25) is 0 Å². The summed E-state index contributed by atoms with van der Waals surface area (Å²) in [6.45, 7) is 1.36. The Morgan fingerprint density at radius 3 is 2.75 bits per heavy atom. The fourth-order valence-corrected chi connectivity index (χ4v) is 3.88. The molecule has 8 heteroatoms. The second-order valence-corrected chi connectivity index (χ2v) is 7.43. The average Bonchev–Trinajstić information content (AvgIpc) is 3.18. The number of anilines is 1. The van der Waals surface area contributed by atoms with Crippen molar-refractivity contribution in [3.8, 4) is 10.6 Å². The lowest BCUT2D eigenvalue weighted by molar-refractivity contribution is -0.117. The van der Waals surface area contributed by atoms with Crippen LogP contribution in [0.25, 0.3) is 10.6 Å². The van der Waals surface area contributed by atoms with Gasteiger partial charge < -0.3 is 5.32 Å². The third kappa shape index (κ3) is 3.94. The molecular weight excluding hydrogens is 376 g/mol. The number of nitrogens with zero attached hydrogens (tertiary/aromatic N) is 2. The maximum absolute atomic E-state index is 12.3. The fourth-order valence-electron chi connectivity index (χ4n) is 3.23. The van der Waals surface area contributed by atoms with Crippen molar-refractivity contribution in [1.29, 1.82) is 0 Å². The minimum Gasteiger partial charge on any atom is -0.325 e. The molecule has 2 heterocycles. The van der Waals surface area contributed by atoms with E-state index in [0.29, 0.717) is 24.3 Å². The maximum Gasteiger partial charge on any atom is 0.274 e. The second kappa shape index (κ2) is 7.89. The van der Waals surface area contributed by atoms with E-state index in [1.165, 1.54) is 0 Å². The highest BCUT2D eigenvalue weighted by atomic mass is 32.1. The summed E-state index contributed by atoms with van der Waals surface area (Å²) in [5.74, 6) is -0.680. The molecule has 4 rings (SSSR count). The second-order valence-electron chi connectivity index (χ2n) is 6.54. The lowest BCUT2D eigenvalue weighted by atomic mass is 10.1. The largest absolute Gasteiger partial charge is 0.325 e. The Bertz CT molecular complexity index is 1000. The monoisotopic (exact) mass is 394 g/mol. The molecule has 2 amide bonds. The first-order valence-corrected chi connectivity index (χ1v) is 9.59. The topological polar surface area (TPSA) is 94.6 Å². The summed E-state index contributed by atoms with van der Waals surface area (Å²) >= 11 is 1.59. The summed E-state index contributed by atoms with van der Waals surface area (Å²) < 4.78 is 0. The van der Waals surface area contributed by atoms with Gasteiger partial charge in [0.2, 0.25) is 5.91 Å². The molecule has 0 saturated heterocycles. The van der Waals surface area contributed by atoms with Crippen LogP contribution in [0.1, 0.15) is 21.5 Å². The third-order valence-electron chi connectivity index (χ3n) is 4.54. The zero-order chi connectivity index (χ0) is 19.5. The van der Waals surface area contributed by atoms with Gasteiger partial charge in [0, 0.05) is 41.5 Å². The van der Waals surface area contributed by atoms with E-state index in [1.54, 1.807) is 41.2 Å². The molecule has 3 N–H and O–H groups in total. The van der Waals surface area contributed by atoms with E-state index in [4.69, 9.17) is 5.21 Å². The van der Waals surface area contributed by atoms with Crippen LogP contribution >= 0.6 is 11.3 Å². The van der Waals surface area contributed by atoms with E-state index >= 15 is 0 Å². The summed E-state index contributed by atoms with van der Waals surface area (Å²) in [7, 11) is 0. The smallest absolute Gasteiger partial charge is 0.274 e. The van der Waals surface area contributed by atoms with Gasteiger partial charge >= 0.3 is 0 Å². The van der Waals surface area contributed by atoms with Crippen molar-refractivity contribution in [3.63, 3.8) is 0 Å². The van der Waals surface area contributed by atoms with Gasteiger partial charge in [-0.3, -0.25) is 19.7 Å². The van der Waals surface area contributed by atoms with Gasteiger partial charge in [-0.25, -0.2) is 10.5 Å². The SMILES string of the molecule is O=C1CN(Cc2ccc(-c3nccs3)cc2)Cc2cc(C(=O)NO)ccc2N1. The van der Waals surface area contributed by atoms with Crippen LogP contribution in [0.5, 0.6) is 0 Å². The number of amides is 2. The van der Waals surface area contributed by atoms with Crippen LogP contribution in [0.3, 0.4) is 0 Å².